The molecule has 1 heterocycles. The molecular weight excluding hydrogens is 334 g/mol. The van der Waals surface area contributed by atoms with Gasteiger partial charge in [0.15, 0.2) is 0 Å². The van der Waals surface area contributed by atoms with Crippen molar-refractivity contribution < 1.29 is 8.42 Å². The van der Waals surface area contributed by atoms with Crippen molar-refractivity contribution in [2.75, 3.05) is 33.2 Å². The van der Waals surface area contributed by atoms with Gasteiger partial charge in [-0.2, -0.15) is 4.31 Å². The molecule has 0 aromatic heterocycles. The minimum Gasteiger partial charge on any atom is -0.314 e. The summed E-state index contributed by atoms with van der Waals surface area (Å²) in [7, 11) is -1.86. The van der Waals surface area contributed by atoms with Gasteiger partial charge in [0, 0.05) is 46.3 Å². The summed E-state index contributed by atoms with van der Waals surface area (Å²) in [4.78, 5) is 2.72. The van der Waals surface area contributed by atoms with E-state index in [1.165, 1.54) is 4.31 Å². The van der Waals surface area contributed by atoms with Gasteiger partial charge in [0.25, 0.3) is 0 Å². The first-order valence-electron chi connectivity index (χ1n) is 8.58. The van der Waals surface area contributed by atoms with E-state index in [0.717, 1.165) is 43.9 Å². The van der Waals surface area contributed by atoms with Crippen molar-refractivity contribution in [2.24, 2.45) is 0 Å². The molecule has 3 rings (SSSR count). The molecule has 5 nitrogen and oxygen atoms in total. The molecule has 1 aliphatic rings. The fourth-order valence-corrected chi connectivity index (χ4v) is 4.16. The van der Waals surface area contributed by atoms with Crippen LogP contribution in [-0.2, 0) is 23.1 Å². The second-order valence-corrected chi connectivity index (χ2v) is 8.46. The summed E-state index contributed by atoms with van der Waals surface area (Å²) < 4.78 is 26.9. The van der Waals surface area contributed by atoms with Gasteiger partial charge in [0.2, 0.25) is 10.0 Å². The molecule has 0 amide bonds. The van der Waals surface area contributed by atoms with Crippen molar-refractivity contribution in [3.05, 3.63) is 65.7 Å². The standard InChI is InChI=1S/C19H25N3O2S/c1-21(15-17-5-3-2-4-6-17)25(23,24)19-9-7-18(8-10-19)16-22-13-11-20-12-14-22/h2-10,20H,11-16H2,1H3. The lowest BCUT2D eigenvalue weighted by atomic mass is 10.2. The average Bonchev–Trinajstić information content (AvgIpc) is 2.64. The largest absolute Gasteiger partial charge is 0.314 e. The van der Waals surface area contributed by atoms with Crippen LogP contribution in [0.3, 0.4) is 0 Å². The highest BCUT2D eigenvalue weighted by molar-refractivity contribution is 7.89. The number of benzene rings is 2. The van der Waals surface area contributed by atoms with Crippen molar-refractivity contribution in [1.82, 2.24) is 14.5 Å². The number of hydrogen-bond acceptors (Lipinski definition) is 4. The highest BCUT2D eigenvalue weighted by atomic mass is 32.2. The van der Waals surface area contributed by atoms with Crippen molar-refractivity contribution in [1.29, 1.82) is 0 Å². The fraction of sp³-hybridized carbons (Fsp3) is 0.368. The minimum absolute atomic E-state index is 0.343. The van der Waals surface area contributed by atoms with Gasteiger partial charge in [-0.1, -0.05) is 42.5 Å². The van der Waals surface area contributed by atoms with E-state index in [9.17, 15) is 8.42 Å². The van der Waals surface area contributed by atoms with Crippen molar-refractivity contribution in [2.45, 2.75) is 18.0 Å². The third-order valence-electron chi connectivity index (χ3n) is 4.50. The lowest BCUT2D eigenvalue weighted by Gasteiger charge is -2.27. The minimum atomic E-state index is -3.48. The number of hydrogen-bond donors (Lipinski definition) is 1. The van der Waals surface area contributed by atoms with Crippen LogP contribution in [0.1, 0.15) is 11.1 Å². The van der Waals surface area contributed by atoms with Gasteiger partial charge in [0.05, 0.1) is 4.90 Å². The predicted octanol–water partition coefficient (Wildman–Crippen LogP) is 1.91. The first-order valence-corrected chi connectivity index (χ1v) is 10.0. The summed E-state index contributed by atoms with van der Waals surface area (Å²) >= 11 is 0. The normalized spacial score (nSPS) is 16.2. The third kappa shape index (κ3) is 4.67. The van der Waals surface area contributed by atoms with Crippen LogP contribution >= 0.6 is 0 Å². The first kappa shape index (κ1) is 18.1. The smallest absolute Gasteiger partial charge is 0.243 e. The van der Waals surface area contributed by atoms with Crippen molar-refractivity contribution in [3.63, 3.8) is 0 Å². The Kier molecular flexibility index (Phi) is 5.86. The SMILES string of the molecule is CN(Cc1ccccc1)S(=O)(=O)c1ccc(CN2CCNCC2)cc1. The lowest BCUT2D eigenvalue weighted by molar-refractivity contribution is 0.233. The van der Waals surface area contributed by atoms with Gasteiger partial charge >= 0.3 is 0 Å². The molecule has 0 radical (unpaired) electrons. The molecule has 2 aromatic carbocycles. The van der Waals surface area contributed by atoms with E-state index in [1.807, 2.05) is 42.5 Å². The second-order valence-electron chi connectivity index (χ2n) is 6.42. The number of piperazine rings is 1. The summed E-state index contributed by atoms with van der Waals surface area (Å²) in [5.74, 6) is 0. The van der Waals surface area contributed by atoms with Crippen LogP contribution in [0.5, 0.6) is 0 Å². The zero-order valence-electron chi connectivity index (χ0n) is 14.6. The second kappa shape index (κ2) is 8.10. The van der Waals surface area contributed by atoms with Gasteiger partial charge < -0.3 is 5.32 Å². The predicted molar refractivity (Wildman–Crippen MR) is 99.7 cm³/mol. The van der Waals surface area contributed by atoms with Gasteiger partial charge in [-0.3, -0.25) is 4.90 Å². The molecular formula is C19H25N3O2S. The summed E-state index contributed by atoms with van der Waals surface area (Å²) in [5, 5.41) is 3.34. The molecule has 1 saturated heterocycles. The Balaban J connectivity index is 1.67. The van der Waals surface area contributed by atoms with Crippen molar-refractivity contribution in [3.8, 4) is 0 Å². The first-order chi connectivity index (χ1) is 12.1. The van der Waals surface area contributed by atoms with Crippen LogP contribution < -0.4 is 5.32 Å². The van der Waals surface area contributed by atoms with Crippen LogP contribution in [0.2, 0.25) is 0 Å². The molecule has 0 spiro atoms. The summed E-state index contributed by atoms with van der Waals surface area (Å²) in [5.41, 5.74) is 2.12. The zero-order chi connectivity index (χ0) is 17.7. The molecule has 1 N–H and O–H groups in total. The van der Waals surface area contributed by atoms with E-state index in [4.69, 9.17) is 0 Å². The van der Waals surface area contributed by atoms with Crippen LogP contribution in [0.15, 0.2) is 59.5 Å². The topological polar surface area (TPSA) is 52.7 Å². The van der Waals surface area contributed by atoms with Gasteiger partial charge in [-0.05, 0) is 23.3 Å². The highest BCUT2D eigenvalue weighted by Crippen LogP contribution is 2.18. The Morgan fingerprint density at radius 2 is 1.60 bits per heavy atom. The molecule has 2 aromatic rings. The van der Waals surface area contributed by atoms with Gasteiger partial charge in [-0.25, -0.2) is 8.42 Å². The number of nitrogens with one attached hydrogen (secondary N) is 1. The maximum atomic E-state index is 12.7. The number of sulfonamides is 1. The summed E-state index contributed by atoms with van der Waals surface area (Å²) in [6, 6.07) is 16.9. The molecule has 0 aliphatic carbocycles. The van der Waals surface area contributed by atoms with E-state index in [0.29, 0.717) is 11.4 Å². The zero-order valence-corrected chi connectivity index (χ0v) is 15.4. The molecule has 0 unspecified atom stereocenters. The van der Waals surface area contributed by atoms with E-state index in [-0.39, 0.29) is 0 Å². The van der Waals surface area contributed by atoms with Crippen LogP contribution in [0.4, 0.5) is 0 Å². The van der Waals surface area contributed by atoms with Crippen LogP contribution in [0.25, 0.3) is 0 Å². The molecule has 134 valence electrons. The summed E-state index contributed by atoms with van der Waals surface area (Å²) in [6.07, 6.45) is 0. The molecule has 1 aliphatic heterocycles. The maximum Gasteiger partial charge on any atom is 0.243 e. The lowest BCUT2D eigenvalue weighted by Crippen LogP contribution is -2.42. The van der Waals surface area contributed by atoms with Crippen LogP contribution in [-0.4, -0.2) is 50.8 Å². The van der Waals surface area contributed by atoms with Gasteiger partial charge in [-0.15, -0.1) is 0 Å². The highest BCUT2D eigenvalue weighted by Gasteiger charge is 2.21. The van der Waals surface area contributed by atoms with E-state index < -0.39 is 10.0 Å². The number of nitrogens with zero attached hydrogens (tertiary/aromatic N) is 2. The van der Waals surface area contributed by atoms with E-state index >= 15 is 0 Å². The van der Waals surface area contributed by atoms with Crippen molar-refractivity contribution >= 4 is 10.0 Å². The Hall–Kier alpha value is -1.73. The molecule has 1 fully saturated rings. The molecule has 0 bridgehead atoms. The van der Waals surface area contributed by atoms with E-state index in [2.05, 4.69) is 10.2 Å². The fourth-order valence-electron chi connectivity index (χ4n) is 3.00. The Morgan fingerprint density at radius 1 is 0.960 bits per heavy atom. The third-order valence-corrected chi connectivity index (χ3v) is 6.31. The molecule has 25 heavy (non-hydrogen) atoms. The number of rotatable bonds is 6. The molecule has 0 saturated carbocycles. The van der Waals surface area contributed by atoms with Crippen LogP contribution in [0, 0.1) is 0 Å². The Morgan fingerprint density at radius 3 is 2.24 bits per heavy atom. The van der Waals surface area contributed by atoms with Gasteiger partial charge in [0.1, 0.15) is 0 Å². The van der Waals surface area contributed by atoms with E-state index in [1.54, 1.807) is 19.2 Å². The Labute approximate surface area is 150 Å². The average molecular weight is 359 g/mol. The summed E-state index contributed by atoms with van der Waals surface area (Å²) in [6.45, 7) is 5.31. The molecule has 6 heteroatoms. The molecule has 0 atom stereocenters. The maximum absolute atomic E-state index is 12.7. The quantitative estimate of drug-likeness (QED) is 0.856. The monoisotopic (exact) mass is 359 g/mol. The Bertz CT molecular complexity index is 770.